The zero-order valence-corrected chi connectivity index (χ0v) is 16.7. The predicted molar refractivity (Wildman–Crippen MR) is 104 cm³/mol. The summed E-state index contributed by atoms with van der Waals surface area (Å²) in [5.41, 5.74) is 0. The van der Waals surface area contributed by atoms with Crippen LogP contribution in [0.25, 0.3) is 0 Å². The highest BCUT2D eigenvalue weighted by molar-refractivity contribution is 6.08. The largest absolute Gasteiger partial charge is 0.0857 e. The SMILES string of the molecule is [B]CC(CCC(CC)CC(C)C)C(C)CC(C)CC(C)CC. The van der Waals surface area contributed by atoms with Crippen molar-refractivity contribution in [3.63, 3.8) is 0 Å². The van der Waals surface area contributed by atoms with Crippen molar-refractivity contribution in [2.45, 2.75) is 99.7 Å². The Morgan fingerprint density at radius 1 is 0.727 bits per heavy atom. The van der Waals surface area contributed by atoms with E-state index in [0.717, 1.165) is 41.8 Å². The van der Waals surface area contributed by atoms with Gasteiger partial charge in [-0.2, -0.15) is 0 Å². The van der Waals surface area contributed by atoms with Gasteiger partial charge >= 0.3 is 0 Å². The molecule has 0 amide bonds. The van der Waals surface area contributed by atoms with E-state index in [2.05, 4.69) is 48.5 Å². The molecule has 0 saturated heterocycles. The first-order valence-electron chi connectivity index (χ1n) is 10.0. The van der Waals surface area contributed by atoms with Crippen LogP contribution in [0, 0.1) is 35.5 Å². The second-order valence-electron chi connectivity index (χ2n) is 8.54. The third-order valence-corrected chi connectivity index (χ3v) is 5.71. The van der Waals surface area contributed by atoms with Gasteiger partial charge in [-0.05, 0) is 54.8 Å². The molecule has 0 aliphatic rings. The maximum atomic E-state index is 6.11. The third-order valence-electron chi connectivity index (χ3n) is 5.71. The Labute approximate surface area is 143 Å². The molecule has 22 heavy (non-hydrogen) atoms. The lowest BCUT2D eigenvalue weighted by Crippen LogP contribution is -2.17. The van der Waals surface area contributed by atoms with E-state index in [1.807, 2.05) is 0 Å². The summed E-state index contributed by atoms with van der Waals surface area (Å²) in [5, 5.41) is 0. The zero-order valence-electron chi connectivity index (χ0n) is 16.7. The number of hydrogen-bond acceptors (Lipinski definition) is 0. The van der Waals surface area contributed by atoms with Gasteiger partial charge < -0.3 is 0 Å². The van der Waals surface area contributed by atoms with Crippen molar-refractivity contribution in [2.75, 3.05) is 0 Å². The molecule has 0 heterocycles. The maximum Gasteiger partial charge on any atom is 0.0656 e. The Morgan fingerprint density at radius 2 is 1.36 bits per heavy atom. The summed E-state index contributed by atoms with van der Waals surface area (Å²) in [4.78, 5) is 0. The van der Waals surface area contributed by atoms with Crippen molar-refractivity contribution < 1.29 is 0 Å². The van der Waals surface area contributed by atoms with Crippen LogP contribution in [-0.2, 0) is 0 Å². The summed E-state index contributed by atoms with van der Waals surface area (Å²) in [5.74, 6) is 4.94. The van der Waals surface area contributed by atoms with Gasteiger partial charge in [0.05, 0.1) is 7.85 Å². The molecule has 0 aromatic carbocycles. The Balaban J connectivity index is 4.25. The van der Waals surface area contributed by atoms with Gasteiger partial charge in [-0.3, -0.25) is 0 Å². The third kappa shape index (κ3) is 9.96. The van der Waals surface area contributed by atoms with Crippen LogP contribution in [-0.4, -0.2) is 7.85 Å². The van der Waals surface area contributed by atoms with E-state index in [1.165, 1.54) is 44.9 Å². The summed E-state index contributed by atoms with van der Waals surface area (Å²) in [7, 11) is 6.11. The van der Waals surface area contributed by atoms with Crippen molar-refractivity contribution in [1.29, 1.82) is 0 Å². The van der Waals surface area contributed by atoms with Crippen LogP contribution in [0.4, 0.5) is 0 Å². The Bertz CT molecular complexity index is 248. The molecule has 0 bridgehead atoms. The minimum absolute atomic E-state index is 0.723. The van der Waals surface area contributed by atoms with Crippen molar-refractivity contribution >= 4 is 7.85 Å². The van der Waals surface area contributed by atoms with Gasteiger partial charge in [-0.25, -0.2) is 0 Å². The Hall–Kier alpha value is 0.0649. The fraction of sp³-hybridized carbons (Fsp3) is 1.00. The average Bonchev–Trinajstić information content (AvgIpc) is 2.45. The zero-order chi connectivity index (χ0) is 17.1. The van der Waals surface area contributed by atoms with E-state index in [9.17, 15) is 0 Å². The van der Waals surface area contributed by atoms with Gasteiger partial charge in [0, 0.05) is 0 Å². The van der Waals surface area contributed by atoms with Gasteiger partial charge in [0.25, 0.3) is 0 Å². The summed E-state index contributed by atoms with van der Waals surface area (Å²) in [6.45, 7) is 16.6. The van der Waals surface area contributed by atoms with Crippen LogP contribution in [0.1, 0.15) is 93.4 Å². The predicted octanol–water partition coefficient (Wildman–Crippen LogP) is 7.14. The van der Waals surface area contributed by atoms with E-state index in [1.54, 1.807) is 0 Å². The second kappa shape index (κ2) is 12.5. The number of hydrogen-bond donors (Lipinski definition) is 0. The topological polar surface area (TPSA) is 0 Å². The lowest BCUT2D eigenvalue weighted by molar-refractivity contribution is 0.251. The Morgan fingerprint density at radius 3 is 1.82 bits per heavy atom. The molecule has 0 aliphatic carbocycles. The first kappa shape index (κ1) is 22.1. The molecule has 0 nitrogen and oxygen atoms in total. The minimum Gasteiger partial charge on any atom is -0.0857 e. The summed E-state index contributed by atoms with van der Waals surface area (Å²) < 4.78 is 0. The van der Waals surface area contributed by atoms with E-state index in [-0.39, 0.29) is 0 Å². The lowest BCUT2D eigenvalue weighted by Gasteiger charge is -2.28. The first-order valence-corrected chi connectivity index (χ1v) is 10.0. The van der Waals surface area contributed by atoms with Crippen molar-refractivity contribution in [3.05, 3.63) is 0 Å². The molecule has 130 valence electrons. The fourth-order valence-corrected chi connectivity index (χ4v) is 4.02. The number of rotatable bonds is 13. The van der Waals surface area contributed by atoms with E-state index >= 15 is 0 Å². The minimum atomic E-state index is 0.723. The molecule has 5 atom stereocenters. The summed E-state index contributed by atoms with van der Waals surface area (Å²) >= 11 is 0. The highest BCUT2D eigenvalue weighted by Gasteiger charge is 2.20. The van der Waals surface area contributed by atoms with Crippen LogP contribution >= 0.6 is 0 Å². The molecule has 0 aromatic rings. The van der Waals surface area contributed by atoms with E-state index in [4.69, 9.17) is 7.85 Å². The molecule has 0 aliphatic heterocycles. The van der Waals surface area contributed by atoms with E-state index in [0.29, 0.717) is 0 Å². The van der Waals surface area contributed by atoms with Crippen molar-refractivity contribution in [3.8, 4) is 0 Å². The summed E-state index contributed by atoms with van der Waals surface area (Å²) in [6.07, 6.45) is 10.3. The molecule has 0 spiro atoms. The molecule has 0 fully saturated rings. The quantitative estimate of drug-likeness (QED) is 0.317. The molecule has 0 N–H and O–H groups in total. The molecule has 5 unspecified atom stereocenters. The molecule has 0 saturated carbocycles. The smallest absolute Gasteiger partial charge is 0.0656 e. The molecule has 1 heteroatoms. The van der Waals surface area contributed by atoms with E-state index < -0.39 is 0 Å². The molecule has 0 aromatic heterocycles. The van der Waals surface area contributed by atoms with Gasteiger partial charge in [0.1, 0.15) is 0 Å². The average molecular weight is 306 g/mol. The van der Waals surface area contributed by atoms with Crippen LogP contribution in [0.2, 0.25) is 6.32 Å². The van der Waals surface area contributed by atoms with Gasteiger partial charge in [-0.15, -0.1) is 0 Å². The van der Waals surface area contributed by atoms with Gasteiger partial charge in [-0.1, -0.05) is 80.5 Å². The van der Waals surface area contributed by atoms with Crippen molar-refractivity contribution in [1.82, 2.24) is 0 Å². The van der Waals surface area contributed by atoms with Crippen LogP contribution in [0.3, 0.4) is 0 Å². The van der Waals surface area contributed by atoms with Gasteiger partial charge in [0.2, 0.25) is 0 Å². The molecular weight excluding hydrogens is 263 g/mol. The Kier molecular flexibility index (Phi) is 12.5. The monoisotopic (exact) mass is 306 g/mol. The maximum absolute atomic E-state index is 6.11. The molecule has 2 radical (unpaired) electrons. The van der Waals surface area contributed by atoms with Crippen LogP contribution < -0.4 is 0 Å². The standard InChI is InChI=1S/C21H43B/c1-8-17(5)13-18(6)14-19(7)21(15-22)11-10-20(9-2)12-16(3)4/h16-21H,8-15H2,1-7H3. The lowest BCUT2D eigenvalue weighted by atomic mass is 9.74. The normalized spacial score (nSPS) is 18.9. The fourth-order valence-electron chi connectivity index (χ4n) is 4.02. The molecule has 0 rings (SSSR count). The molecular formula is C21H43B. The second-order valence-corrected chi connectivity index (χ2v) is 8.54. The van der Waals surface area contributed by atoms with Crippen LogP contribution in [0.15, 0.2) is 0 Å². The first-order chi connectivity index (χ1) is 10.3. The highest BCUT2D eigenvalue weighted by atomic mass is 14.3. The summed E-state index contributed by atoms with van der Waals surface area (Å²) in [6, 6.07) is 0. The van der Waals surface area contributed by atoms with Gasteiger partial charge in [0.15, 0.2) is 0 Å². The van der Waals surface area contributed by atoms with Crippen molar-refractivity contribution in [2.24, 2.45) is 35.5 Å². The highest BCUT2D eigenvalue weighted by Crippen LogP contribution is 2.32. The van der Waals surface area contributed by atoms with Crippen LogP contribution in [0.5, 0.6) is 0 Å².